The van der Waals surface area contributed by atoms with Gasteiger partial charge in [-0.1, -0.05) is 133 Å². The van der Waals surface area contributed by atoms with Gasteiger partial charge < -0.3 is 35.3 Å². The Balaban J connectivity index is 0.000000174. The topological polar surface area (TPSA) is 150 Å². The summed E-state index contributed by atoms with van der Waals surface area (Å²) < 4.78 is 16.8. The Morgan fingerprint density at radius 2 is 1.01 bits per heavy atom. The van der Waals surface area contributed by atoms with Gasteiger partial charge >= 0.3 is 0 Å². The van der Waals surface area contributed by atoms with Crippen molar-refractivity contribution in [2.45, 2.75) is 127 Å². The first-order valence-corrected chi connectivity index (χ1v) is 31.8. The van der Waals surface area contributed by atoms with Gasteiger partial charge in [0.1, 0.15) is 36.9 Å². The standard InChI is InChI=1S/C37H45N3O3.C25H34N2O.C12H11NO2/c41-33(28-43-36-23-9-22-35-34(36)21-10-24-38-35)27-40-25-11-18-31(26-40)37(42)39-32(19-7-16-29-12-3-1-4-13-29)20-8-17-30-14-5-2-6-15-30;28-25(23-16-9-19-26-20-23)27-24(17-7-14-21-10-3-1-4-11-21)18-8-15-22-12-5-2-6-13-22;1-4-11-10(3-2-6-13-11)12(5-1)15-8-9-7-14-9/h1-6,9-10,12-15,21-24,31-33,41H,7-8,11,16-20,25-28H2,(H,39,42);1-6,10-13,23-24,26H,7-9,14-20H2,(H,27,28);1-6,9H,7-8H2/t31?,33-;;9-/m1.1/s1. The highest BCUT2D eigenvalue weighted by molar-refractivity contribution is 5.85. The van der Waals surface area contributed by atoms with E-state index in [1.165, 1.54) is 22.3 Å². The van der Waals surface area contributed by atoms with Crippen LogP contribution in [-0.4, -0.2) is 109 Å². The Hall–Kier alpha value is -7.48. The maximum atomic E-state index is 13.5. The van der Waals surface area contributed by atoms with Crippen molar-refractivity contribution in [1.82, 2.24) is 30.8 Å². The van der Waals surface area contributed by atoms with Gasteiger partial charge in [0, 0.05) is 54.9 Å². The van der Waals surface area contributed by atoms with Gasteiger partial charge in [0.25, 0.3) is 0 Å². The monoisotopic (exact) mass is 1160 g/mol. The first-order valence-electron chi connectivity index (χ1n) is 31.8. The zero-order valence-electron chi connectivity index (χ0n) is 50.2. The second-order valence-electron chi connectivity index (χ2n) is 23.4. The lowest BCUT2D eigenvalue weighted by molar-refractivity contribution is -0.128. The predicted octanol–water partition coefficient (Wildman–Crippen LogP) is 12.7. The van der Waals surface area contributed by atoms with E-state index in [0.29, 0.717) is 19.7 Å². The fourth-order valence-corrected chi connectivity index (χ4v) is 11.8. The number of carbonyl (C=O) groups excluding carboxylic acids is 2. The lowest BCUT2D eigenvalue weighted by Gasteiger charge is -2.34. The number of β-amino-alcohol motifs (C(OH)–C–C–N with tert-alkyl or cyclic N) is 1. The molecule has 0 radical (unpaired) electrons. The lowest BCUT2D eigenvalue weighted by atomic mass is 9.94. The van der Waals surface area contributed by atoms with E-state index in [2.05, 4.69) is 152 Å². The molecule has 0 aliphatic carbocycles. The van der Waals surface area contributed by atoms with E-state index < -0.39 is 6.10 Å². The summed E-state index contributed by atoms with van der Waals surface area (Å²) in [5.41, 5.74) is 7.30. The molecule has 12 nitrogen and oxygen atoms in total. The van der Waals surface area contributed by atoms with E-state index in [4.69, 9.17) is 14.2 Å². The minimum Gasteiger partial charge on any atom is -0.490 e. The molecule has 3 aliphatic rings. The van der Waals surface area contributed by atoms with Crippen LogP contribution in [0.3, 0.4) is 0 Å². The summed E-state index contributed by atoms with van der Waals surface area (Å²) in [5, 5.41) is 23.0. The fraction of sp³-hybridized carbons (Fsp3) is 0.405. The third-order valence-electron chi connectivity index (χ3n) is 16.6. The Labute approximate surface area is 510 Å². The molecule has 6 aromatic carbocycles. The van der Waals surface area contributed by atoms with E-state index in [1.54, 1.807) is 12.4 Å². The SMILES string of the molecule is O=C(NC(CCCc1ccccc1)CCCc1ccccc1)C1CCCN(C[C@@H](O)COc2cccc3ncccc23)C1.O=C(NC(CCCc1ccccc1)CCCc1ccccc1)C1CCCNC1.c1cc(OC[C@H]2CO2)c2cccnc2c1. The van der Waals surface area contributed by atoms with Crippen molar-refractivity contribution in [2.75, 3.05) is 52.5 Å². The number of ether oxygens (including phenoxy) is 3. The normalized spacial score (nSPS) is 16.9. The molecule has 0 bridgehead atoms. The largest absolute Gasteiger partial charge is 0.490 e. The molecule has 12 heteroatoms. The Morgan fingerprint density at radius 1 is 0.558 bits per heavy atom. The minimum absolute atomic E-state index is 0.0586. The van der Waals surface area contributed by atoms with E-state index >= 15 is 0 Å². The van der Waals surface area contributed by atoms with Crippen molar-refractivity contribution >= 4 is 33.6 Å². The van der Waals surface area contributed by atoms with Crippen LogP contribution in [0.2, 0.25) is 0 Å². The molecule has 2 aromatic heterocycles. The Morgan fingerprint density at radius 3 is 1.47 bits per heavy atom. The number of fused-ring (bicyclic) bond motifs is 2. The molecule has 11 rings (SSSR count). The summed E-state index contributed by atoms with van der Waals surface area (Å²) in [4.78, 5) is 37.1. The van der Waals surface area contributed by atoms with Crippen molar-refractivity contribution < 1.29 is 28.9 Å². The second-order valence-corrected chi connectivity index (χ2v) is 23.4. The summed E-state index contributed by atoms with van der Waals surface area (Å²) in [7, 11) is 0. The minimum atomic E-state index is -0.641. The number of rotatable bonds is 28. The number of epoxide rings is 1. The van der Waals surface area contributed by atoms with Crippen LogP contribution in [0.4, 0.5) is 0 Å². The second kappa shape index (κ2) is 35.2. The highest BCUT2D eigenvalue weighted by Crippen LogP contribution is 2.27. The van der Waals surface area contributed by atoms with Crippen LogP contribution >= 0.6 is 0 Å². The Bertz CT molecular complexity index is 3100. The van der Waals surface area contributed by atoms with Gasteiger partial charge in [-0.3, -0.25) is 24.5 Å². The number of hydrogen-bond acceptors (Lipinski definition) is 10. The van der Waals surface area contributed by atoms with Gasteiger partial charge in [0.2, 0.25) is 11.8 Å². The van der Waals surface area contributed by atoms with Crippen molar-refractivity contribution in [3.63, 3.8) is 0 Å². The van der Waals surface area contributed by atoms with Crippen LogP contribution in [0.15, 0.2) is 194 Å². The number of aryl methyl sites for hydroxylation is 4. The van der Waals surface area contributed by atoms with Crippen molar-refractivity contribution in [1.29, 1.82) is 0 Å². The third kappa shape index (κ3) is 21.8. The summed E-state index contributed by atoms with van der Waals surface area (Å²) in [5.74, 6) is 2.10. The van der Waals surface area contributed by atoms with Crippen molar-refractivity contribution in [3.8, 4) is 11.5 Å². The third-order valence-corrected chi connectivity index (χ3v) is 16.6. The number of carbonyl (C=O) groups is 2. The molecule has 0 saturated carbocycles. The quantitative estimate of drug-likeness (QED) is 0.0349. The first kappa shape index (κ1) is 63.0. The summed E-state index contributed by atoms with van der Waals surface area (Å²) in [6.45, 7) is 5.57. The lowest BCUT2D eigenvalue weighted by Crippen LogP contribution is -2.48. The van der Waals surface area contributed by atoms with E-state index in [-0.39, 0.29) is 48.4 Å². The van der Waals surface area contributed by atoms with Crippen LogP contribution in [-0.2, 0) is 40.0 Å². The van der Waals surface area contributed by atoms with E-state index in [1.807, 2.05) is 60.7 Å². The number of likely N-dealkylation sites (tertiary alicyclic amines) is 1. The number of benzene rings is 6. The number of amides is 2. The van der Waals surface area contributed by atoms with Crippen LogP contribution in [0.5, 0.6) is 11.5 Å². The molecule has 86 heavy (non-hydrogen) atoms. The van der Waals surface area contributed by atoms with Crippen molar-refractivity contribution in [3.05, 3.63) is 217 Å². The molecule has 4 atom stereocenters. The molecule has 5 heterocycles. The molecule has 452 valence electrons. The van der Waals surface area contributed by atoms with Gasteiger partial charge in [-0.05, 0) is 187 Å². The molecule has 3 saturated heterocycles. The number of pyridine rings is 2. The number of nitrogens with zero attached hydrogens (tertiary/aromatic N) is 3. The predicted molar refractivity (Wildman–Crippen MR) is 346 cm³/mol. The fourth-order valence-electron chi connectivity index (χ4n) is 11.8. The summed E-state index contributed by atoms with van der Waals surface area (Å²) in [6, 6.07) is 62.4. The average molecular weight is 1160 g/mol. The molecule has 2 amide bonds. The first-order chi connectivity index (χ1) is 42.4. The van der Waals surface area contributed by atoms with Gasteiger partial charge in [-0.15, -0.1) is 0 Å². The maximum Gasteiger partial charge on any atom is 0.224 e. The van der Waals surface area contributed by atoms with Gasteiger partial charge in [0.15, 0.2) is 0 Å². The zero-order valence-corrected chi connectivity index (χ0v) is 50.2. The number of aromatic nitrogens is 2. The molecule has 3 aliphatic heterocycles. The molecular weight excluding hydrogens is 1070 g/mol. The molecular formula is C74H90N6O6. The van der Waals surface area contributed by atoms with Crippen LogP contribution in [0.25, 0.3) is 21.8 Å². The number of aliphatic hydroxyl groups is 1. The van der Waals surface area contributed by atoms with Gasteiger partial charge in [-0.25, -0.2) is 0 Å². The van der Waals surface area contributed by atoms with Crippen LogP contribution < -0.4 is 25.4 Å². The molecule has 3 fully saturated rings. The number of piperidine rings is 2. The Kier molecular flexibility index (Phi) is 25.8. The smallest absolute Gasteiger partial charge is 0.224 e. The molecule has 8 aromatic rings. The number of hydrogen-bond donors (Lipinski definition) is 4. The van der Waals surface area contributed by atoms with Gasteiger partial charge in [0.05, 0.1) is 29.5 Å². The zero-order chi connectivity index (χ0) is 59.2. The highest BCUT2D eigenvalue weighted by Gasteiger charge is 2.29. The van der Waals surface area contributed by atoms with E-state index in [9.17, 15) is 14.7 Å². The highest BCUT2D eigenvalue weighted by atomic mass is 16.6. The number of nitrogens with one attached hydrogen (secondary N) is 3. The molecule has 2 unspecified atom stereocenters. The van der Waals surface area contributed by atoms with Gasteiger partial charge in [-0.2, -0.15) is 0 Å². The average Bonchev–Trinajstić information content (AvgIpc) is 4.56. The van der Waals surface area contributed by atoms with Crippen LogP contribution in [0, 0.1) is 11.8 Å². The summed E-state index contributed by atoms with van der Waals surface area (Å²) >= 11 is 0. The van der Waals surface area contributed by atoms with Crippen LogP contribution in [0.1, 0.15) is 99.3 Å². The van der Waals surface area contributed by atoms with Crippen molar-refractivity contribution in [2.24, 2.45) is 11.8 Å². The van der Waals surface area contributed by atoms with E-state index in [0.717, 1.165) is 162 Å². The maximum absolute atomic E-state index is 13.5. The molecule has 4 N–H and O–H groups in total. The molecule has 0 spiro atoms. The number of aliphatic hydroxyl groups excluding tert-OH is 1. The summed E-state index contributed by atoms with van der Waals surface area (Å²) in [6.07, 6.45) is 19.8.